The monoisotopic (exact) mass is 155 g/mol. The molecule has 1 unspecified atom stereocenters. The first kappa shape index (κ1) is 9.05. The fourth-order valence-corrected chi connectivity index (χ4v) is 2.19. The summed E-state index contributed by atoms with van der Waals surface area (Å²) in [4.78, 5) is 2.61. The average Bonchev–Trinajstić information content (AvgIpc) is 1.85. The summed E-state index contributed by atoms with van der Waals surface area (Å²) in [6.07, 6.45) is 2.78. The summed E-state index contributed by atoms with van der Waals surface area (Å²) in [6.45, 7) is 10.6. The van der Waals surface area contributed by atoms with Gasteiger partial charge in [0, 0.05) is 12.1 Å². The van der Waals surface area contributed by atoms with Gasteiger partial charge in [-0.05, 0) is 46.1 Å². The predicted octanol–water partition coefficient (Wildman–Crippen LogP) is 2.52. The summed E-state index contributed by atoms with van der Waals surface area (Å²) in [5, 5.41) is 0. The van der Waals surface area contributed by atoms with Crippen molar-refractivity contribution in [1.82, 2.24) is 4.90 Å². The minimum Gasteiger partial charge on any atom is -0.298 e. The van der Waals surface area contributed by atoms with Gasteiger partial charge in [0.25, 0.3) is 0 Å². The predicted molar refractivity (Wildman–Crippen MR) is 49.7 cm³/mol. The minimum atomic E-state index is 0.734. The minimum absolute atomic E-state index is 0.734. The molecule has 1 heteroatoms. The summed E-state index contributed by atoms with van der Waals surface area (Å²) in [6, 6.07) is 1.54. The molecular weight excluding hydrogens is 134 g/mol. The Morgan fingerprint density at radius 2 is 1.91 bits per heavy atom. The normalized spacial score (nSPS) is 34.6. The molecule has 1 aliphatic heterocycles. The molecule has 0 radical (unpaired) electrons. The van der Waals surface area contributed by atoms with Gasteiger partial charge in [0.15, 0.2) is 0 Å². The Morgan fingerprint density at radius 3 is 2.36 bits per heavy atom. The fourth-order valence-electron chi connectivity index (χ4n) is 2.19. The molecule has 11 heavy (non-hydrogen) atoms. The van der Waals surface area contributed by atoms with E-state index in [0.717, 1.165) is 18.0 Å². The molecule has 2 atom stereocenters. The number of hydrogen-bond acceptors (Lipinski definition) is 1. The van der Waals surface area contributed by atoms with Crippen molar-refractivity contribution in [3.63, 3.8) is 0 Å². The maximum atomic E-state index is 2.61. The molecule has 0 saturated carbocycles. The second-order valence-corrected chi connectivity index (χ2v) is 4.31. The highest BCUT2D eigenvalue weighted by atomic mass is 15.2. The number of rotatable bonds is 1. The standard InChI is InChI=1S/C10H21N/c1-8(2)11-6-5-9(3)7-10(11)4/h8-10H,5-7H2,1-4H3/t9-,10?/m0/s1. The smallest absolute Gasteiger partial charge is 0.00721 e. The van der Waals surface area contributed by atoms with Gasteiger partial charge in [-0.25, -0.2) is 0 Å². The van der Waals surface area contributed by atoms with Crippen molar-refractivity contribution in [2.75, 3.05) is 6.54 Å². The van der Waals surface area contributed by atoms with Crippen molar-refractivity contribution in [3.8, 4) is 0 Å². The number of likely N-dealkylation sites (tertiary alicyclic amines) is 1. The van der Waals surface area contributed by atoms with Gasteiger partial charge < -0.3 is 0 Å². The molecule has 1 nitrogen and oxygen atoms in total. The van der Waals surface area contributed by atoms with E-state index < -0.39 is 0 Å². The lowest BCUT2D eigenvalue weighted by Gasteiger charge is -2.39. The molecule has 1 rings (SSSR count). The van der Waals surface area contributed by atoms with E-state index in [4.69, 9.17) is 0 Å². The first-order valence-electron chi connectivity index (χ1n) is 4.87. The molecule has 0 aromatic carbocycles. The van der Waals surface area contributed by atoms with Crippen LogP contribution in [0.3, 0.4) is 0 Å². The maximum absolute atomic E-state index is 2.61. The molecule has 0 amide bonds. The molecule has 0 N–H and O–H groups in total. The van der Waals surface area contributed by atoms with Gasteiger partial charge in [0.05, 0.1) is 0 Å². The Balaban J connectivity index is 2.44. The number of piperidine rings is 1. The van der Waals surface area contributed by atoms with Crippen molar-refractivity contribution < 1.29 is 0 Å². The number of nitrogens with zero attached hydrogens (tertiary/aromatic N) is 1. The quantitative estimate of drug-likeness (QED) is 0.562. The SMILES string of the molecule is CC(C)N1CC[C@H](C)CC1C. The Bertz CT molecular complexity index is 120. The summed E-state index contributed by atoms with van der Waals surface area (Å²) >= 11 is 0. The van der Waals surface area contributed by atoms with Crippen molar-refractivity contribution in [1.29, 1.82) is 0 Å². The second kappa shape index (κ2) is 3.57. The first-order chi connectivity index (χ1) is 5.11. The zero-order valence-electron chi connectivity index (χ0n) is 8.30. The van der Waals surface area contributed by atoms with Gasteiger partial charge in [0.1, 0.15) is 0 Å². The van der Waals surface area contributed by atoms with Crippen LogP contribution in [-0.4, -0.2) is 23.5 Å². The van der Waals surface area contributed by atoms with Gasteiger partial charge in [0.2, 0.25) is 0 Å². The molecule has 0 bridgehead atoms. The van der Waals surface area contributed by atoms with Gasteiger partial charge in [-0.15, -0.1) is 0 Å². The third-order valence-electron chi connectivity index (χ3n) is 2.85. The van der Waals surface area contributed by atoms with E-state index in [1.54, 1.807) is 0 Å². The topological polar surface area (TPSA) is 3.24 Å². The van der Waals surface area contributed by atoms with Crippen LogP contribution in [0.15, 0.2) is 0 Å². The average molecular weight is 155 g/mol. The van der Waals surface area contributed by atoms with Crippen LogP contribution in [0.25, 0.3) is 0 Å². The lowest BCUT2D eigenvalue weighted by molar-refractivity contribution is 0.0974. The third kappa shape index (κ3) is 2.19. The van der Waals surface area contributed by atoms with Gasteiger partial charge in [-0.3, -0.25) is 4.90 Å². The second-order valence-electron chi connectivity index (χ2n) is 4.31. The molecule has 0 aliphatic carbocycles. The van der Waals surface area contributed by atoms with Crippen LogP contribution >= 0.6 is 0 Å². The first-order valence-corrected chi connectivity index (χ1v) is 4.87. The van der Waals surface area contributed by atoms with Crippen LogP contribution in [-0.2, 0) is 0 Å². The molecule has 1 saturated heterocycles. The number of hydrogen-bond donors (Lipinski definition) is 0. The van der Waals surface area contributed by atoms with E-state index in [-0.39, 0.29) is 0 Å². The van der Waals surface area contributed by atoms with Crippen molar-refractivity contribution in [3.05, 3.63) is 0 Å². The highest BCUT2D eigenvalue weighted by Gasteiger charge is 2.23. The Labute approximate surface area is 70.8 Å². The van der Waals surface area contributed by atoms with E-state index in [1.165, 1.54) is 19.4 Å². The van der Waals surface area contributed by atoms with E-state index >= 15 is 0 Å². The van der Waals surface area contributed by atoms with Crippen molar-refractivity contribution in [2.24, 2.45) is 5.92 Å². The van der Waals surface area contributed by atoms with Gasteiger partial charge in [-0.1, -0.05) is 6.92 Å². The van der Waals surface area contributed by atoms with Crippen LogP contribution in [0.4, 0.5) is 0 Å². The summed E-state index contributed by atoms with van der Waals surface area (Å²) < 4.78 is 0. The molecule has 1 heterocycles. The largest absolute Gasteiger partial charge is 0.298 e. The molecule has 0 aromatic heterocycles. The Morgan fingerprint density at radius 1 is 1.27 bits per heavy atom. The van der Waals surface area contributed by atoms with E-state index in [0.29, 0.717) is 0 Å². The van der Waals surface area contributed by atoms with Crippen molar-refractivity contribution >= 4 is 0 Å². The molecule has 0 spiro atoms. The Hall–Kier alpha value is -0.0400. The third-order valence-corrected chi connectivity index (χ3v) is 2.85. The van der Waals surface area contributed by atoms with Gasteiger partial charge >= 0.3 is 0 Å². The fraction of sp³-hybridized carbons (Fsp3) is 1.00. The van der Waals surface area contributed by atoms with Crippen LogP contribution in [0.2, 0.25) is 0 Å². The lowest BCUT2D eigenvalue weighted by atomic mass is 9.92. The van der Waals surface area contributed by atoms with E-state index in [9.17, 15) is 0 Å². The zero-order chi connectivity index (χ0) is 8.43. The van der Waals surface area contributed by atoms with Crippen molar-refractivity contribution in [2.45, 2.75) is 52.6 Å². The van der Waals surface area contributed by atoms with Crippen LogP contribution < -0.4 is 0 Å². The van der Waals surface area contributed by atoms with E-state index in [1.807, 2.05) is 0 Å². The van der Waals surface area contributed by atoms with Crippen LogP contribution in [0.5, 0.6) is 0 Å². The highest BCUT2D eigenvalue weighted by molar-refractivity contribution is 4.78. The molecule has 1 aliphatic rings. The molecule has 1 fully saturated rings. The van der Waals surface area contributed by atoms with Gasteiger partial charge in [-0.2, -0.15) is 0 Å². The molecular formula is C10H21N. The maximum Gasteiger partial charge on any atom is 0.00721 e. The summed E-state index contributed by atoms with van der Waals surface area (Å²) in [5.74, 6) is 0.944. The highest BCUT2D eigenvalue weighted by Crippen LogP contribution is 2.23. The lowest BCUT2D eigenvalue weighted by Crippen LogP contribution is -2.44. The molecule has 66 valence electrons. The Kier molecular flexibility index (Phi) is 2.94. The van der Waals surface area contributed by atoms with Crippen LogP contribution in [0.1, 0.15) is 40.5 Å². The van der Waals surface area contributed by atoms with E-state index in [2.05, 4.69) is 32.6 Å². The molecule has 0 aromatic rings. The summed E-state index contributed by atoms with van der Waals surface area (Å²) in [5.41, 5.74) is 0. The summed E-state index contributed by atoms with van der Waals surface area (Å²) in [7, 11) is 0. The zero-order valence-corrected chi connectivity index (χ0v) is 8.30. The van der Waals surface area contributed by atoms with Crippen LogP contribution in [0, 0.1) is 5.92 Å².